The van der Waals surface area contributed by atoms with Gasteiger partial charge in [0.1, 0.15) is 5.82 Å². The molecular weight excluding hydrogens is 247 g/mol. The van der Waals surface area contributed by atoms with Gasteiger partial charge in [0.15, 0.2) is 0 Å². The van der Waals surface area contributed by atoms with E-state index < -0.39 is 6.10 Å². The third-order valence-corrected chi connectivity index (χ3v) is 3.72. The molecule has 1 atom stereocenters. The molecule has 1 N–H and O–H groups in total. The van der Waals surface area contributed by atoms with E-state index in [0.717, 1.165) is 9.79 Å². The molecule has 0 heterocycles. The highest BCUT2D eigenvalue weighted by atomic mass is 32.2. The summed E-state index contributed by atoms with van der Waals surface area (Å²) in [5, 5.41) is 9.68. The van der Waals surface area contributed by atoms with Crippen molar-refractivity contribution >= 4 is 11.8 Å². The van der Waals surface area contributed by atoms with Crippen molar-refractivity contribution in [3.63, 3.8) is 0 Å². The summed E-state index contributed by atoms with van der Waals surface area (Å²) >= 11 is 1.54. The lowest BCUT2D eigenvalue weighted by molar-refractivity contribution is 0.196. The van der Waals surface area contributed by atoms with Gasteiger partial charge in [-0.15, -0.1) is 0 Å². The molecule has 0 aromatic heterocycles. The summed E-state index contributed by atoms with van der Waals surface area (Å²) in [6.45, 7) is 3.68. The van der Waals surface area contributed by atoms with Crippen LogP contribution in [0.2, 0.25) is 0 Å². The van der Waals surface area contributed by atoms with Crippen LogP contribution in [0, 0.1) is 12.7 Å². The second-order valence-electron chi connectivity index (χ2n) is 4.28. The second kappa shape index (κ2) is 5.55. The lowest BCUT2D eigenvalue weighted by Gasteiger charge is -2.12. The van der Waals surface area contributed by atoms with Crippen LogP contribution in [0.25, 0.3) is 0 Å². The van der Waals surface area contributed by atoms with Gasteiger partial charge in [-0.25, -0.2) is 4.39 Å². The molecule has 2 aromatic rings. The first-order valence-corrected chi connectivity index (χ1v) is 6.60. The molecule has 3 heteroatoms. The highest BCUT2D eigenvalue weighted by molar-refractivity contribution is 7.99. The zero-order chi connectivity index (χ0) is 13.1. The van der Waals surface area contributed by atoms with E-state index in [1.165, 1.54) is 29.5 Å². The second-order valence-corrected chi connectivity index (χ2v) is 5.39. The number of aryl methyl sites for hydroxylation is 1. The van der Waals surface area contributed by atoms with Crippen LogP contribution in [0.3, 0.4) is 0 Å². The van der Waals surface area contributed by atoms with Crippen LogP contribution in [-0.2, 0) is 0 Å². The Morgan fingerprint density at radius 3 is 2.61 bits per heavy atom. The summed E-state index contributed by atoms with van der Waals surface area (Å²) in [6, 6.07) is 12.6. The molecule has 18 heavy (non-hydrogen) atoms. The molecule has 94 valence electrons. The fourth-order valence-corrected chi connectivity index (χ4v) is 2.87. The van der Waals surface area contributed by atoms with Crippen molar-refractivity contribution in [2.45, 2.75) is 29.7 Å². The van der Waals surface area contributed by atoms with Crippen LogP contribution >= 0.6 is 11.8 Å². The van der Waals surface area contributed by atoms with Gasteiger partial charge < -0.3 is 5.11 Å². The SMILES string of the molecule is Cc1cccc(Sc2ccc(F)cc2[C@@H](C)O)c1. The molecule has 2 rings (SSSR count). The fraction of sp³-hybridized carbons (Fsp3) is 0.200. The number of rotatable bonds is 3. The van der Waals surface area contributed by atoms with E-state index in [4.69, 9.17) is 0 Å². The molecule has 0 radical (unpaired) electrons. The minimum absolute atomic E-state index is 0.320. The van der Waals surface area contributed by atoms with Gasteiger partial charge in [-0.3, -0.25) is 0 Å². The van der Waals surface area contributed by atoms with Gasteiger partial charge in [-0.2, -0.15) is 0 Å². The Morgan fingerprint density at radius 2 is 1.94 bits per heavy atom. The summed E-state index contributed by atoms with van der Waals surface area (Å²) in [7, 11) is 0. The van der Waals surface area contributed by atoms with Gasteiger partial charge in [0.2, 0.25) is 0 Å². The van der Waals surface area contributed by atoms with Crippen molar-refractivity contribution in [2.75, 3.05) is 0 Å². The van der Waals surface area contributed by atoms with Crippen molar-refractivity contribution < 1.29 is 9.50 Å². The third-order valence-electron chi connectivity index (χ3n) is 2.64. The average molecular weight is 262 g/mol. The quantitative estimate of drug-likeness (QED) is 0.888. The third kappa shape index (κ3) is 3.12. The highest BCUT2D eigenvalue weighted by Gasteiger charge is 2.10. The maximum absolute atomic E-state index is 13.2. The first-order valence-electron chi connectivity index (χ1n) is 5.78. The number of halogens is 1. The molecule has 0 fully saturated rings. The van der Waals surface area contributed by atoms with Gasteiger partial charge in [0.05, 0.1) is 6.10 Å². The van der Waals surface area contributed by atoms with E-state index in [0.29, 0.717) is 5.56 Å². The van der Waals surface area contributed by atoms with Crippen LogP contribution in [0.5, 0.6) is 0 Å². The van der Waals surface area contributed by atoms with Gasteiger partial charge in [0.25, 0.3) is 0 Å². The molecule has 0 aliphatic heterocycles. The Morgan fingerprint density at radius 1 is 1.17 bits per heavy atom. The minimum Gasteiger partial charge on any atom is -0.389 e. The molecule has 0 saturated heterocycles. The zero-order valence-electron chi connectivity index (χ0n) is 10.4. The van der Waals surface area contributed by atoms with Crippen LogP contribution in [-0.4, -0.2) is 5.11 Å². The van der Waals surface area contributed by atoms with E-state index >= 15 is 0 Å². The predicted octanol–water partition coefficient (Wildman–Crippen LogP) is 4.34. The van der Waals surface area contributed by atoms with Crippen molar-refractivity contribution in [3.05, 3.63) is 59.4 Å². The van der Waals surface area contributed by atoms with E-state index in [2.05, 4.69) is 6.07 Å². The molecule has 0 saturated carbocycles. The van der Waals surface area contributed by atoms with E-state index in [1.807, 2.05) is 25.1 Å². The highest BCUT2D eigenvalue weighted by Crippen LogP contribution is 2.34. The minimum atomic E-state index is -0.673. The smallest absolute Gasteiger partial charge is 0.123 e. The Balaban J connectivity index is 2.34. The normalized spacial score (nSPS) is 12.4. The maximum atomic E-state index is 13.2. The Bertz CT molecular complexity index is 552. The lowest BCUT2D eigenvalue weighted by atomic mass is 10.1. The lowest BCUT2D eigenvalue weighted by Crippen LogP contribution is -1.95. The molecule has 1 nitrogen and oxygen atoms in total. The Labute approximate surface area is 111 Å². The van der Waals surface area contributed by atoms with Gasteiger partial charge in [-0.05, 0) is 49.7 Å². The van der Waals surface area contributed by atoms with Crippen molar-refractivity contribution in [1.29, 1.82) is 0 Å². The summed E-state index contributed by atoms with van der Waals surface area (Å²) < 4.78 is 13.2. The molecular formula is C15H15FOS. The van der Waals surface area contributed by atoms with E-state index in [1.54, 1.807) is 13.0 Å². The van der Waals surface area contributed by atoms with Crippen LogP contribution in [0.4, 0.5) is 4.39 Å². The first kappa shape index (κ1) is 13.1. The number of benzene rings is 2. The molecule has 0 aliphatic carbocycles. The molecule has 0 spiro atoms. The topological polar surface area (TPSA) is 20.2 Å². The van der Waals surface area contributed by atoms with E-state index in [-0.39, 0.29) is 5.82 Å². The van der Waals surface area contributed by atoms with E-state index in [9.17, 15) is 9.50 Å². The van der Waals surface area contributed by atoms with Crippen LogP contribution < -0.4 is 0 Å². The zero-order valence-corrected chi connectivity index (χ0v) is 11.2. The first-order chi connectivity index (χ1) is 8.56. The molecule has 0 aliphatic rings. The molecule has 0 amide bonds. The van der Waals surface area contributed by atoms with Gasteiger partial charge in [-0.1, -0.05) is 29.5 Å². The predicted molar refractivity (Wildman–Crippen MR) is 72.3 cm³/mol. The maximum Gasteiger partial charge on any atom is 0.123 e. The summed E-state index contributed by atoms with van der Waals surface area (Å²) in [5.41, 5.74) is 1.81. The van der Waals surface area contributed by atoms with Crippen molar-refractivity contribution in [1.82, 2.24) is 0 Å². The number of hydrogen-bond acceptors (Lipinski definition) is 2. The van der Waals surface area contributed by atoms with Gasteiger partial charge >= 0.3 is 0 Å². The van der Waals surface area contributed by atoms with Crippen LogP contribution in [0.15, 0.2) is 52.3 Å². The van der Waals surface area contributed by atoms with Crippen molar-refractivity contribution in [3.8, 4) is 0 Å². The fourth-order valence-electron chi connectivity index (χ4n) is 1.74. The molecule has 0 bridgehead atoms. The summed E-state index contributed by atoms with van der Waals surface area (Å²) in [6.07, 6.45) is -0.673. The summed E-state index contributed by atoms with van der Waals surface area (Å²) in [4.78, 5) is 1.97. The average Bonchev–Trinajstić information content (AvgIpc) is 2.31. The number of hydrogen-bond donors (Lipinski definition) is 1. The Hall–Kier alpha value is -1.32. The van der Waals surface area contributed by atoms with Gasteiger partial charge in [0, 0.05) is 9.79 Å². The largest absolute Gasteiger partial charge is 0.389 e. The summed E-state index contributed by atoms with van der Waals surface area (Å²) in [5.74, 6) is -0.320. The monoisotopic (exact) mass is 262 g/mol. The molecule has 2 aromatic carbocycles. The standard InChI is InChI=1S/C15H15FOS/c1-10-4-3-5-13(8-10)18-15-7-6-12(16)9-14(15)11(2)17/h3-9,11,17H,1-2H3/t11-/m1/s1. The van der Waals surface area contributed by atoms with Crippen molar-refractivity contribution in [2.24, 2.45) is 0 Å². The Kier molecular flexibility index (Phi) is 4.04. The molecule has 0 unspecified atom stereocenters. The van der Waals surface area contributed by atoms with Crippen LogP contribution in [0.1, 0.15) is 24.2 Å². The number of aliphatic hydroxyl groups is 1. The number of aliphatic hydroxyl groups excluding tert-OH is 1.